The van der Waals surface area contributed by atoms with E-state index in [2.05, 4.69) is 28.9 Å². The summed E-state index contributed by atoms with van der Waals surface area (Å²) in [7, 11) is 0. The highest BCUT2D eigenvalue weighted by Gasteiger charge is 2.28. The molecule has 0 bridgehead atoms. The summed E-state index contributed by atoms with van der Waals surface area (Å²) in [6.07, 6.45) is 5.19. The Morgan fingerprint density at radius 2 is 2.07 bits per heavy atom. The highest BCUT2D eigenvalue weighted by Crippen LogP contribution is 2.31. The zero-order valence-corrected chi connectivity index (χ0v) is 16.1. The predicted octanol–water partition coefficient (Wildman–Crippen LogP) is 2.85. The first-order valence-electron chi connectivity index (χ1n) is 9.16. The molecule has 3 heterocycles. The van der Waals surface area contributed by atoms with E-state index in [-0.39, 0.29) is 23.2 Å². The number of ether oxygens (including phenoxy) is 1. The molecule has 1 aliphatic heterocycles. The number of rotatable bonds is 3. The molecule has 4 rings (SSSR count). The first-order chi connectivity index (χ1) is 13.5. The maximum Gasteiger partial charge on any atom is 0.267 e. The van der Waals surface area contributed by atoms with Gasteiger partial charge in [0.2, 0.25) is 5.88 Å². The molecule has 0 unspecified atom stereocenters. The molecule has 2 N–H and O–H groups in total. The average Bonchev–Trinajstić information content (AvgIpc) is 3.08. The lowest BCUT2D eigenvalue weighted by Crippen LogP contribution is -2.32. The molecule has 3 aromatic rings. The van der Waals surface area contributed by atoms with Crippen molar-refractivity contribution < 1.29 is 9.53 Å². The number of nitrogens with two attached hydrogens (primary N) is 1. The predicted molar refractivity (Wildman–Crippen MR) is 106 cm³/mol. The van der Waals surface area contributed by atoms with Gasteiger partial charge in [-0.15, -0.1) is 0 Å². The Balaban J connectivity index is 1.69. The van der Waals surface area contributed by atoms with Crippen LogP contribution in [0.5, 0.6) is 5.88 Å². The minimum absolute atomic E-state index is 0.122. The molecule has 144 valence electrons. The summed E-state index contributed by atoms with van der Waals surface area (Å²) in [6.45, 7) is 6.94. The number of fused-ring (bicyclic) bond motifs is 1. The molecule has 1 aromatic carbocycles. The van der Waals surface area contributed by atoms with E-state index in [1.54, 1.807) is 4.90 Å². The highest BCUT2D eigenvalue weighted by atomic mass is 16.5. The normalized spacial score (nSPS) is 14.0. The second kappa shape index (κ2) is 6.95. The fourth-order valence-corrected chi connectivity index (χ4v) is 3.31. The highest BCUT2D eigenvalue weighted by molar-refractivity contribution is 6.10. The van der Waals surface area contributed by atoms with Crippen molar-refractivity contribution in [3.05, 3.63) is 48.0 Å². The van der Waals surface area contributed by atoms with Crippen LogP contribution in [0.2, 0.25) is 0 Å². The monoisotopic (exact) mass is 378 g/mol. The van der Waals surface area contributed by atoms with Crippen molar-refractivity contribution >= 4 is 17.4 Å². The molecule has 0 saturated carbocycles. The van der Waals surface area contributed by atoms with E-state index in [0.717, 1.165) is 22.4 Å². The summed E-state index contributed by atoms with van der Waals surface area (Å²) in [6, 6.07) is 6.23. The number of carbonyl (C=O) groups excluding carboxylic acids is 1. The molecule has 28 heavy (non-hydrogen) atoms. The van der Waals surface area contributed by atoms with Crippen LogP contribution in [0.15, 0.2) is 36.9 Å². The lowest BCUT2D eigenvalue weighted by molar-refractivity contribution is 0.0990. The number of benzene rings is 1. The Morgan fingerprint density at radius 1 is 1.25 bits per heavy atom. The smallest absolute Gasteiger partial charge is 0.267 e. The second-order valence-electron chi connectivity index (χ2n) is 7.05. The van der Waals surface area contributed by atoms with Crippen LogP contribution in [-0.4, -0.2) is 38.8 Å². The van der Waals surface area contributed by atoms with Gasteiger partial charge >= 0.3 is 0 Å². The molecular weight excluding hydrogens is 356 g/mol. The molecule has 1 amide bonds. The van der Waals surface area contributed by atoms with Crippen LogP contribution >= 0.6 is 0 Å². The first-order valence-corrected chi connectivity index (χ1v) is 9.16. The van der Waals surface area contributed by atoms with Gasteiger partial charge in [-0.2, -0.15) is 5.10 Å². The molecule has 0 spiro atoms. The third-order valence-electron chi connectivity index (χ3n) is 4.82. The van der Waals surface area contributed by atoms with Crippen molar-refractivity contribution in [1.29, 1.82) is 0 Å². The van der Waals surface area contributed by atoms with Crippen molar-refractivity contribution in [3.63, 3.8) is 0 Å². The quantitative estimate of drug-likeness (QED) is 0.752. The van der Waals surface area contributed by atoms with Crippen LogP contribution in [0.1, 0.15) is 35.8 Å². The third-order valence-corrected chi connectivity index (χ3v) is 4.82. The van der Waals surface area contributed by atoms with E-state index in [1.807, 2.05) is 42.2 Å². The van der Waals surface area contributed by atoms with E-state index in [1.165, 1.54) is 6.33 Å². The summed E-state index contributed by atoms with van der Waals surface area (Å²) in [5.41, 5.74) is 10.1. The van der Waals surface area contributed by atoms with E-state index in [9.17, 15) is 4.79 Å². The average molecular weight is 378 g/mol. The molecule has 2 aromatic heterocycles. The number of aryl methyl sites for hydroxylation is 1. The molecule has 1 aliphatic rings. The summed E-state index contributed by atoms with van der Waals surface area (Å²) in [5, 5.41) is 4.41. The standard InChI is InChI=1S/C20H22N6O2/c1-12(2)26-10-14(9-24-26)16-5-4-15(8-13(16)3)25-6-7-28-19-17(20(25)27)18(21)22-11-23-19/h4-5,8-12H,6-7H2,1-3H3,(H2,21,22,23). The van der Waals surface area contributed by atoms with Gasteiger partial charge in [0.1, 0.15) is 24.3 Å². The molecular formula is C20H22N6O2. The third kappa shape index (κ3) is 3.06. The summed E-state index contributed by atoms with van der Waals surface area (Å²) in [5.74, 6) is 0.0937. The molecule has 0 fully saturated rings. The van der Waals surface area contributed by atoms with E-state index in [0.29, 0.717) is 19.2 Å². The largest absolute Gasteiger partial charge is 0.475 e. The van der Waals surface area contributed by atoms with E-state index < -0.39 is 0 Å². The van der Waals surface area contributed by atoms with Gasteiger partial charge in [-0.1, -0.05) is 6.07 Å². The van der Waals surface area contributed by atoms with Crippen molar-refractivity contribution in [3.8, 4) is 17.0 Å². The van der Waals surface area contributed by atoms with Crippen LogP contribution in [0.4, 0.5) is 11.5 Å². The Hall–Kier alpha value is -3.42. The maximum atomic E-state index is 13.1. The van der Waals surface area contributed by atoms with Gasteiger partial charge in [-0.25, -0.2) is 9.97 Å². The Bertz CT molecular complexity index is 1040. The van der Waals surface area contributed by atoms with E-state index in [4.69, 9.17) is 10.5 Å². The molecule has 0 atom stereocenters. The number of aromatic nitrogens is 4. The SMILES string of the molecule is Cc1cc(N2CCOc3ncnc(N)c3C2=O)ccc1-c1cnn(C(C)C)c1. The van der Waals surface area contributed by atoms with E-state index >= 15 is 0 Å². The number of nitrogen functional groups attached to an aromatic ring is 1. The van der Waals surface area contributed by atoms with Crippen LogP contribution in [0.3, 0.4) is 0 Å². The molecule has 0 saturated heterocycles. The number of amides is 1. The van der Waals surface area contributed by atoms with Crippen molar-refractivity contribution in [2.75, 3.05) is 23.8 Å². The lowest BCUT2D eigenvalue weighted by atomic mass is 10.0. The van der Waals surface area contributed by atoms with Crippen molar-refractivity contribution in [1.82, 2.24) is 19.7 Å². The number of carbonyl (C=O) groups is 1. The Labute approximate surface area is 163 Å². The van der Waals surface area contributed by atoms with Crippen LogP contribution in [0.25, 0.3) is 11.1 Å². The zero-order chi connectivity index (χ0) is 19.8. The lowest BCUT2D eigenvalue weighted by Gasteiger charge is -2.21. The van der Waals surface area contributed by atoms with Gasteiger partial charge in [0.05, 0.1) is 12.7 Å². The van der Waals surface area contributed by atoms with Crippen LogP contribution in [0, 0.1) is 6.92 Å². The fraction of sp³-hybridized carbons (Fsp3) is 0.300. The Kier molecular flexibility index (Phi) is 4.46. The van der Waals surface area contributed by atoms with Gasteiger partial charge < -0.3 is 15.4 Å². The topological polar surface area (TPSA) is 99.2 Å². The summed E-state index contributed by atoms with van der Waals surface area (Å²) in [4.78, 5) is 22.7. The maximum absolute atomic E-state index is 13.1. The molecule has 0 radical (unpaired) electrons. The number of anilines is 2. The summed E-state index contributed by atoms with van der Waals surface area (Å²) < 4.78 is 7.52. The number of nitrogens with zero attached hydrogens (tertiary/aromatic N) is 5. The minimum atomic E-state index is -0.259. The van der Waals surface area contributed by atoms with Gasteiger partial charge in [0, 0.05) is 23.5 Å². The first kappa shape index (κ1) is 18.0. The second-order valence-corrected chi connectivity index (χ2v) is 7.05. The zero-order valence-electron chi connectivity index (χ0n) is 16.1. The van der Waals surface area contributed by atoms with Gasteiger partial charge in [0.25, 0.3) is 5.91 Å². The Morgan fingerprint density at radius 3 is 2.79 bits per heavy atom. The molecule has 8 nitrogen and oxygen atoms in total. The minimum Gasteiger partial charge on any atom is -0.475 e. The number of hydrogen-bond acceptors (Lipinski definition) is 6. The molecule has 0 aliphatic carbocycles. The summed E-state index contributed by atoms with van der Waals surface area (Å²) >= 11 is 0. The van der Waals surface area contributed by atoms with Crippen molar-refractivity contribution in [2.24, 2.45) is 0 Å². The number of hydrogen-bond donors (Lipinski definition) is 1. The molecule has 8 heteroatoms. The van der Waals surface area contributed by atoms with Gasteiger partial charge in [0.15, 0.2) is 0 Å². The van der Waals surface area contributed by atoms with Crippen LogP contribution in [-0.2, 0) is 0 Å². The fourth-order valence-electron chi connectivity index (χ4n) is 3.31. The van der Waals surface area contributed by atoms with Crippen LogP contribution < -0.4 is 15.4 Å². The van der Waals surface area contributed by atoms with Gasteiger partial charge in [-0.05, 0) is 44.0 Å². The van der Waals surface area contributed by atoms with Crippen molar-refractivity contribution in [2.45, 2.75) is 26.8 Å². The van der Waals surface area contributed by atoms with Gasteiger partial charge in [-0.3, -0.25) is 9.48 Å².